The highest BCUT2D eigenvalue weighted by Crippen LogP contribution is 2.35. The zero-order valence-corrected chi connectivity index (χ0v) is 23.0. The van der Waals surface area contributed by atoms with Crippen LogP contribution in [0.4, 0.5) is 11.4 Å². The van der Waals surface area contributed by atoms with Gasteiger partial charge in [-0.3, -0.25) is 29.0 Å². The minimum absolute atomic E-state index is 0.0891. The lowest BCUT2D eigenvalue weighted by atomic mass is 10.2. The number of carbonyl (C=O) groups excluding carboxylic acids is 1. The van der Waals surface area contributed by atoms with E-state index in [2.05, 4.69) is 10.3 Å². The molecule has 0 saturated carbocycles. The zero-order valence-electron chi connectivity index (χ0n) is 22.2. The number of nitrogens with one attached hydrogen (secondary N) is 1. The van der Waals surface area contributed by atoms with Crippen LogP contribution in [-0.4, -0.2) is 42.1 Å². The minimum atomic E-state index is -0.676. The summed E-state index contributed by atoms with van der Waals surface area (Å²) in [5.41, 5.74) is 2.74. The number of benzene rings is 3. The summed E-state index contributed by atoms with van der Waals surface area (Å²) >= 11 is 1.17. The first-order chi connectivity index (χ1) is 19.2. The fourth-order valence-electron chi connectivity index (χ4n) is 4.44. The molecular formula is C28H26N6O5S. The molecule has 40 heavy (non-hydrogen) atoms. The summed E-state index contributed by atoms with van der Waals surface area (Å²) in [5, 5.41) is 13.9. The van der Waals surface area contributed by atoms with E-state index in [-0.39, 0.29) is 22.8 Å². The molecule has 1 atom stereocenters. The molecule has 12 heteroatoms. The van der Waals surface area contributed by atoms with Crippen LogP contribution in [0.2, 0.25) is 0 Å². The second kappa shape index (κ2) is 10.7. The second-order valence-corrected chi connectivity index (χ2v) is 10.3. The molecule has 1 amide bonds. The molecule has 0 radical (unpaired) electrons. The molecule has 0 aliphatic rings. The Kier molecular flexibility index (Phi) is 7.18. The van der Waals surface area contributed by atoms with Crippen molar-refractivity contribution in [3.05, 3.63) is 99.0 Å². The Labute approximate surface area is 233 Å². The second-order valence-electron chi connectivity index (χ2n) is 9.02. The summed E-state index contributed by atoms with van der Waals surface area (Å²) in [6.07, 6.45) is 0. The van der Waals surface area contributed by atoms with Gasteiger partial charge < -0.3 is 10.1 Å². The number of imidazole rings is 1. The number of hydrogen-bond acceptors (Lipinski definition) is 7. The lowest BCUT2D eigenvalue weighted by Gasteiger charge is -2.15. The Balaban J connectivity index is 1.50. The van der Waals surface area contributed by atoms with Gasteiger partial charge in [0.05, 0.1) is 45.4 Å². The SMILES string of the molecule is COc1ccccc1-n1c(SC(C)C(=O)Nc2c(C)n(C)n(-c3ccccc3)c2=O)nc2cc([N+](=O)[O-])ccc21. The van der Waals surface area contributed by atoms with Gasteiger partial charge in [0.2, 0.25) is 5.91 Å². The molecule has 0 saturated heterocycles. The average molecular weight is 559 g/mol. The molecule has 0 aliphatic heterocycles. The molecule has 5 aromatic rings. The average Bonchev–Trinajstić information content (AvgIpc) is 3.41. The summed E-state index contributed by atoms with van der Waals surface area (Å²) in [4.78, 5) is 42.2. The highest BCUT2D eigenvalue weighted by molar-refractivity contribution is 8.00. The van der Waals surface area contributed by atoms with Crippen molar-refractivity contribution in [2.75, 3.05) is 12.4 Å². The van der Waals surface area contributed by atoms with Gasteiger partial charge in [-0.25, -0.2) is 9.67 Å². The molecule has 0 aliphatic carbocycles. The summed E-state index contributed by atoms with van der Waals surface area (Å²) in [6, 6.07) is 20.9. The van der Waals surface area contributed by atoms with E-state index in [9.17, 15) is 19.7 Å². The number of carbonyl (C=O) groups is 1. The number of rotatable bonds is 8. The normalized spacial score (nSPS) is 11.9. The van der Waals surface area contributed by atoms with Gasteiger partial charge in [-0.2, -0.15) is 0 Å². The van der Waals surface area contributed by atoms with Gasteiger partial charge in [0, 0.05) is 19.2 Å². The first kappa shape index (κ1) is 26.8. The molecule has 2 heterocycles. The van der Waals surface area contributed by atoms with E-state index in [1.807, 2.05) is 53.1 Å². The third-order valence-electron chi connectivity index (χ3n) is 6.60. The molecule has 3 aromatic carbocycles. The molecule has 0 bridgehead atoms. The van der Waals surface area contributed by atoms with Crippen LogP contribution >= 0.6 is 11.8 Å². The number of ether oxygens (including phenoxy) is 1. The van der Waals surface area contributed by atoms with Crippen LogP contribution in [0.3, 0.4) is 0 Å². The van der Waals surface area contributed by atoms with Crippen LogP contribution in [0.5, 0.6) is 5.75 Å². The quantitative estimate of drug-likeness (QED) is 0.164. The monoisotopic (exact) mass is 558 g/mol. The van der Waals surface area contributed by atoms with E-state index >= 15 is 0 Å². The minimum Gasteiger partial charge on any atom is -0.495 e. The van der Waals surface area contributed by atoms with E-state index in [0.717, 1.165) is 0 Å². The standard InChI is InChI=1S/C28H26N6O5S/c1-17-25(27(36)33(31(17)3)19-10-6-5-7-11-19)30-26(35)18(2)40-28-29-21-16-20(34(37)38)14-15-22(21)32(28)23-12-8-9-13-24(23)39-4/h5-16,18H,1-4H3,(H,30,35). The largest absolute Gasteiger partial charge is 0.495 e. The number of para-hydroxylation sites is 3. The van der Waals surface area contributed by atoms with Gasteiger partial charge in [0.15, 0.2) is 5.16 Å². The maximum Gasteiger partial charge on any atom is 0.295 e. The van der Waals surface area contributed by atoms with Crippen molar-refractivity contribution in [2.45, 2.75) is 24.3 Å². The smallest absolute Gasteiger partial charge is 0.295 e. The molecule has 1 unspecified atom stereocenters. The molecule has 0 spiro atoms. The van der Waals surface area contributed by atoms with Crippen LogP contribution in [0.15, 0.2) is 82.7 Å². The van der Waals surface area contributed by atoms with Crippen molar-refractivity contribution >= 4 is 40.1 Å². The number of methoxy groups -OCH3 is 1. The van der Waals surface area contributed by atoms with Gasteiger partial charge >= 0.3 is 0 Å². The molecule has 1 N–H and O–H groups in total. The van der Waals surface area contributed by atoms with E-state index in [4.69, 9.17) is 4.74 Å². The maximum absolute atomic E-state index is 13.4. The number of thioether (sulfide) groups is 1. The number of amides is 1. The van der Waals surface area contributed by atoms with Gasteiger partial charge in [0.1, 0.15) is 11.4 Å². The fraction of sp³-hybridized carbons (Fsp3) is 0.179. The predicted octanol–water partition coefficient (Wildman–Crippen LogP) is 4.86. The number of aromatic nitrogens is 4. The Morgan fingerprint density at radius 3 is 2.50 bits per heavy atom. The Hall–Kier alpha value is -4.84. The number of fused-ring (bicyclic) bond motifs is 1. The van der Waals surface area contributed by atoms with Crippen LogP contribution in [-0.2, 0) is 11.8 Å². The summed E-state index contributed by atoms with van der Waals surface area (Å²) in [7, 11) is 3.31. The molecule has 5 rings (SSSR count). The lowest BCUT2D eigenvalue weighted by molar-refractivity contribution is -0.384. The fourth-order valence-corrected chi connectivity index (χ4v) is 5.37. The molecule has 0 fully saturated rings. The van der Waals surface area contributed by atoms with Crippen molar-refractivity contribution in [1.29, 1.82) is 0 Å². The summed E-state index contributed by atoms with van der Waals surface area (Å²) < 4.78 is 10.6. The predicted molar refractivity (Wildman–Crippen MR) is 154 cm³/mol. The van der Waals surface area contributed by atoms with Gasteiger partial charge in [-0.15, -0.1) is 0 Å². The highest BCUT2D eigenvalue weighted by Gasteiger charge is 2.25. The van der Waals surface area contributed by atoms with Crippen LogP contribution in [0.25, 0.3) is 22.4 Å². The van der Waals surface area contributed by atoms with Crippen molar-refractivity contribution < 1.29 is 14.5 Å². The van der Waals surface area contributed by atoms with Crippen LogP contribution in [0.1, 0.15) is 12.6 Å². The first-order valence-corrected chi connectivity index (χ1v) is 13.2. The number of nitro groups is 1. The Morgan fingerprint density at radius 1 is 1.10 bits per heavy atom. The summed E-state index contributed by atoms with van der Waals surface area (Å²) in [6.45, 7) is 3.48. The zero-order chi connectivity index (χ0) is 28.6. The van der Waals surface area contributed by atoms with Crippen molar-refractivity contribution in [2.24, 2.45) is 7.05 Å². The number of nitro benzene ring substituents is 1. The Morgan fingerprint density at radius 2 is 1.80 bits per heavy atom. The number of hydrogen-bond donors (Lipinski definition) is 1. The van der Waals surface area contributed by atoms with Crippen molar-refractivity contribution in [3.8, 4) is 17.1 Å². The third-order valence-corrected chi connectivity index (χ3v) is 7.65. The third kappa shape index (κ3) is 4.73. The Bertz CT molecular complexity index is 1810. The number of non-ortho nitro benzene ring substituents is 1. The van der Waals surface area contributed by atoms with Crippen molar-refractivity contribution in [3.63, 3.8) is 0 Å². The van der Waals surface area contributed by atoms with Gasteiger partial charge in [0.25, 0.3) is 11.2 Å². The molecular weight excluding hydrogens is 532 g/mol. The number of anilines is 1. The molecule has 2 aromatic heterocycles. The van der Waals surface area contributed by atoms with E-state index < -0.39 is 10.2 Å². The van der Waals surface area contributed by atoms with Gasteiger partial charge in [-0.05, 0) is 44.2 Å². The van der Waals surface area contributed by atoms with Crippen LogP contribution in [0, 0.1) is 17.0 Å². The summed E-state index contributed by atoms with van der Waals surface area (Å²) in [5.74, 6) is 0.182. The van der Waals surface area contributed by atoms with Gasteiger partial charge in [-0.1, -0.05) is 42.1 Å². The van der Waals surface area contributed by atoms with Crippen LogP contribution < -0.4 is 15.6 Å². The topological polar surface area (TPSA) is 126 Å². The lowest BCUT2D eigenvalue weighted by Crippen LogP contribution is -2.27. The van der Waals surface area contributed by atoms with Crippen molar-refractivity contribution in [1.82, 2.24) is 18.9 Å². The first-order valence-electron chi connectivity index (χ1n) is 12.3. The molecule has 204 valence electrons. The van der Waals surface area contributed by atoms with E-state index in [1.54, 1.807) is 44.8 Å². The maximum atomic E-state index is 13.4. The van der Waals surface area contributed by atoms with E-state index in [1.165, 1.54) is 28.6 Å². The number of nitrogens with zero attached hydrogens (tertiary/aromatic N) is 5. The highest BCUT2D eigenvalue weighted by atomic mass is 32.2. The molecule has 11 nitrogen and oxygen atoms in total. The van der Waals surface area contributed by atoms with E-state index in [0.29, 0.717) is 39.0 Å².